The highest BCUT2D eigenvalue weighted by Crippen LogP contribution is 2.33. The van der Waals surface area contributed by atoms with Crippen LogP contribution in [0.25, 0.3) is 0 Å². The minimum Gasteiger partial charge on any atom is -0.494 e. The van der Waals surface area contributed by atoms with Crippen LogP contribution >= 0.6 is 0 Å². The summed E-state index contributed by atoms with van der Waals surface area (Å²) in [6, 6.07) is 6.09. The lowest BCUT2D eigenvalue weighted by molar-refractivity contribution is -0.139. The van der Waals surface area contributed by atoms with E-state index in [2.05, 4.69) is 4.74 Å². The van der Waals surface area contributed by atoms with Crippen molar-refractivity contribution in [2.24, 2.45) is 0 Å². The zero-order chi connectivity index (χ0) is 21.1. The zero-order valence-electron chi connectivity index (χ0n) is 14.7. The molecule has 0 aliphatic carbocycles. The molecule has 2 aromatic rings. The Kier molecular flexibility index (Phi) is 6.17. The molecule has 6 nitrogen and oxygen atoms in total. The van der Waals surface area contributed by atoms with E-state index >= 15 is 0 Å². The number of carbonyl (C=O) groups excluding carboxylic acids is 1. The summed E-state index contributed by atoms with van der Waals surface area (Å²) in [5.41, 5.74) is -1.55. The number of benzene rings is 2. The van der Waals surface area contributed by atoms with Crippen LogP contribution in [-0.4, -0.2) is 35.2 Å². The SMILES string of the molecule is COC(=O)CN(c1cccc(C(F)(F)F)c1)S(=O)(=O)c1ccc(OC)c(F)c1. The van der Waals surface area contributed by atoms with Gasteiger partial charge in [0.15, 0.2) is 11.6 Å². The molecule has 0 saturated heterocycles. The largest absolute Gasteiger partial charge is 0.494 e. The molecular formula is C17H15F4NO5S. The molecule has 0 bridgehead atoms. The van der Waals surface area contributed by atoms with Gasteiger partial charge in [-0.3, -0.25) is 9.10 Å². The molecule has 0 aromatic heterocycles. The Hall–Kier alpha value is -2.82. The smallest absolute Gasteiger partial charge is 0.416 e. The van der Waals surface area contributed by atoms with Gasteiger partial charge in [0.05, 0.1) is 30.4 Å². The molecule has 0 N–H and O–H groups in total. The average Bonchev–Trinajstić information content (AvgIpc) is 2.65. The first-order valence-electron chi connectivity index (χ1n) is 7.61. The first-order chi connectivity index (χ1) is 13.0. The zero-order valence-corrected chi connectivity index (χ0v) is 15.5. The number of anilines is 1. The molecule has 0 radical (unpaired) electrons. The number of ether oxygens (including phenoxy) is 2. The van der Waals surface area contributed by atoms with Crippen molar-refractivity contribution in [3.63, 3.8) is 0 Å². The highest BCUT2D eigenvalue weighted by atomic mass is 32.2. The third-order valence-corrected chi connectivity index (χ3v) is 5.44. The molecule has 0 saturated carbocycles. The molecule has 11 heteroatoms. The summed E-state index contributed by atoms with van der Waals surface area (Å²) in [5, 5.41) is 0. The molecule has 0 aliphatic heterocycles. The Morgan fingerprint density at radius 2 is 1.79 bits per heavy atom. The van der Waals surface area contributed by atoms with Crippen molar-refractivity contribution in [2.45, 2.75) is 11.1 Å². The maximum atomic E-state index is 13.9. The van der Waals surface area contributed by atoms with Crippen molar-refractivity contribution in [2.75, 3.05) is 25.1 Å². The topological polar surface area (TPSA) is 72.9 Å². The van der Waals surface area contributed by atoms with Crippen LogP contribution in [0, 0.1) is 5.82 Å². The molecule has 28 heavy (non-hydrogen) atoms. The quantitative estimate of drug-likeness (QED) is 0.529. The second-order valence-electron chi connectivity index (χ2n) is 5.43. The summed E-state index contributed by atoms with van der Waals surface area (Å²) in [5.74, 6) is -2.24. The second-order valence-corrected chi connectivity index (χ2v) is 7.29. The Bertz CT molecular complexity index is 976. The summed E-state index contributed by atoms with van der Waals surface area (Å²) in [6.45, 7) is -0.909. The normalized spacial score (nSPS) is 11.8. The van der Waals surface area contributed by atoms with Gasteiger partial charge in [0, 0.05) is 0 Å². The molecule has 0 atom stereocenters. The molecule has 152 valence electrons. The van der Waals surface area contributed by atoms with Crippen molar-refractivity contribution in [3.8, 4) is 5.75 Å². The van der Waals surface area contributed by atoms with Gasteiger partial charge in [-0.15, -0.1) is 0 Å². The molecule has 0 unspecified atom stereocenters. The molecule has 0 heterocycles. The van der Waals surface area contributed by atoms with E-state index in [-0.39, 0.29) is 5.75 Å². The summed E-state index contributed by atoms with van der Waals surface area (Å²) >= 11 is 0. The highest BCUT2D eigenvalue weighted by molar-refractivity contribution is 7.92. The van der Waals surface area contributed by atoms with Crippen molar-refractivity contribution >= 4 is 21.7 Å². The fourth-order valence-electron chi connectivity index (χ4n) is 2.27. The van der Waals surface area contributed by atoms with Crippen LogP contribution in [0.1, 0.15) is 5.56 Å². The fraction of sp³-hybridized carbons (Fsp3) is 0.235. The van der Waals surface area contributed by atoms with Gasteiger partial charge in [-0.05, 0) is 36.4 Å². The predicted octanol–water partition coefficient (Wildman–Crippen LogP) is 3.22. The number of methoxy groups -OCH3 is 2. The summed E-state index contributed by atoms with van der Waals surface area (Å²) in [4.78, 5) is 11.1. The van der Waals surface area contributed by atoms with Crippen LogP contribution in [0.2, 0.25) is 0 Å². The van der Waals surface area contributed by atoms with Crippen LogP contribution < -0.4 is 9.04 Å². The van der Waals surface area contributed by atoms with E-state index in [0.717, 1.165) is 37.4 Å². The van der Waals surface area contributed by atoms with E-state index < -0.39 is 50.7 Å². The van der Waals surface area contributed by atoms with Gasteiger partial charge in [-0.2, -0.15) is 13.2 Å². The fourth-order valence-corrected chi connectivity index (χ4v) is 3.68. The third kappa shape index (κ3) is 4.53. The Morgan fingerprint density at radius 1 is 1.11 bits per heavy atom. The third-order valence-electron chi connectivity index (χ3n) is 3.67. The van der Waals surface area contributed by atoms with Gasteiger partial charge in [0.2, 0.25) is 0 Å². The van der Waals surface area contributed by atoms with Gasteiger partial charge in [0.25, 0.3) is 10.0 Å². The van der Waals surface area contributed by atoms with Crippen molar-refractivity contribution in [1.29, 1.82) is 0 Å². The van der Waals surface area contributed by atoms with Crippen LogP contribution in [0.4, 0.5) is 23.2 Å². The summed E-state index contributed by atoms with van der Waals surface area (Å²) in [7, 11) is -2.43. The summed E-state index contributed by atoms with van der Waals surface area (Å²) in [6.07, 6.45) is -4.73. The minimum atomic E-state index is -4.73. The van der Waals surface area contributed by atoms with Crippen molar-refractivity contribution in [3.05, 3.63) is 53.8 Å². The first-order valence-corrected chi connectivity index (χ1v) is 9.05. The van der Waals surface area contributed by atoms with Crippen LogP contribution in [-0.2, 0) is 25.7 Å². The van der Waals surface area contributed by atoms with Gasteiger partial charge in [0.1, 0.15) is 6.54 Å². The number of halogens is 4. The Labute approximate surface area is 158 Å². The highest BCUT2D eigenvalue weighted by Gasteiger charge is 2.33. The Morgan fingerprint density at radius 3 is 2.32 bits per heavy atom. The van der Waals surface area contributed by atoms with E-state index in [1.54, 1.807) is 0 Å². The standard InChI is InChI=1S/C17H15F4NO5S/c1-26-15-7-6-13(9-14(15)18)28(24,25)22(10-16(23)27-2)12-5-3-4-11(8-12)17(19,20)21/h3-9H,10H2,1-2H3. The average molecular weight is 421 g/mol. The van der Waals surface area contributed by atoms with Crippen LogP contribution in [0.3, 0.4) is 0 Å². The van der Waals surface area contributed by atoms with E-state index in [4.69, 9.17) is 4.74 Å². The number of hydrogen-bond donors (Lipinski definition) is 0. The maximum Gasteiger partial charge on any atom is 0.416 e. The first kappa shape index (κ1) is 21.5. The summed E-state index contributed by atoms with van der Waals surface area (Å²) < 4.78 is 88.3. The molecule has 2 aromatic carbocycles. The molecule has 0 amide bonds. The number of esters is 1. The number of alkyl halides is 3. The van der Waals surface area contributed by atoms with Crippen LogP contribution in [0.5, 0.6) is 5.75 Å². The lowest BCUT2D eigenvalue weighted by Crippen LogP contribution is -2.36. The van der Waals surface area contributed by atoms with Crippen molar-refractivity contribution in [1.82, 2.24) is 0 Å². The molecule has 0 spiro atoms. The number of carbonyl (C=O) groups is 1. The number of nitrogens with zero attached hydrogens (tertiary/aromatic N) is 1. The molecular weight excluding hydrogens is 406 g/mol. The number of hydrogen-bond acceptors (Lipinski definition) is 5. The number of rotatable bonds is 6. The van der Waals surface area contributed by atoms with Crippen molar-refractivity contribution < 1.29 is 40.2 Å². The molecule has 0 fully saturated rings. The van der Waals surface area contributed by atoms with Gasteiger partial charge in [-0.1, -0.05) is 6.07 Å². The van der Waals surface area contributed by atoms with E-state index in [1.807, 2.05) is 0 Å². The van der Waals surface area contributed by atoms with E-state index in [9.17, 15) is 30.8 Å². The minimum absolute atomic E-state index is 0.225. The second kappa shape index (κ2) is 8.05. The van der Waals surface area contributed by atoms with Gasteiger partial charge >= 0.3 is 12.1 Å². The van der Waals surface area contributed by atoms with Gasteiger partial charge < -0.3 is 9.47 Å². The van der Waals surface area contributed by atoms with Gasteiger partial charge in [-0.25, -0.2) is 12.8 Å². The molecule has 0 aliphatic rings. The number of sulfonamides is 1. The lowest BCUT2D eigenvalue weighted by atomic mass is 10.2. The van der Waals surface area contributed by atoms with E-state index in [1.165, 1.54) is 7.11 Å². The predicted molar refractivity (Wildman–Crippen MR) is 90.9 cm³/mol. The molecule has 2 rings (SSSR count). The van der Waals surface area contributed by atoms with Crippen LogP contribution in [0.15, 0.2) is 47.4 Å². The Balaban J connectivity index is 2.60. The lowest BCUT2D eigenvalue weighted by Gasteiger charge is -2.24. The monoisotopic (exact) mass is 421 g/mol. The maximum absolute atomic E-state index is 13.9. The van der Waals surface area contributed by atoms with E-state index in [0.29, 0.717) is 16.4 Å².